The molecule has 0 radical (unpaired) electrons. The van der Waals surface area contributed by atoms with Gasteiger partial charge in [0.15, 0.2) is 0 Å². The SMILES string of the molecule is CC1CCCN(/C=C2/C(=O)Nc3cc(Cl)ccc32)C1. The van der Waals surface area contributed by atoms with E-state index in [1.807, 2.05) is 18.3 Å². The first-order valence-corrected chi connectivity index (χ1v) is 7.08. The maximum absolute atomic E-state index is 12.0. The standard InChI is InChI=1S/C15H17ClN2O/c1-10-3-2-6-18(8-10)9-13-12-5-4-11(16)7-14(12)17-15(13)19/h4-5,7,9-10H,2-3,6,8H2,1H3,(H,17,19)/b13-9+. The lowest BCUT2D eigenvalue weighted by Gasteiger charge is -2.30. The van der Waals surface area contributed by atoms with Crippen molar-refractivity contribution in [3.8, 4) is 0 Å². The molecule has 100 valence electrons. The lowest BCUT2D eigenvalue weighted by Crippen LogP contribution is -2.30. The van der Waals surface area contributed by atoms with E-state index in [1.165, 1.54) is 12.8 Å². The van der Waals surface area contributed by atoms with E-state index in [2.05, 4.69) is 17.1 Å². The highest BCUT2D eigenvalue weighted by Crippen LogP contribution is 2.34. The fourth-order valence-electron chi connectivity index (χ4n) is 2.82. The van der Waals surface area contributed by atoms with Gasteiger partial charge in [-0.3, -0.25) is 4.79 Å². The van der Waals surface area contributed by atoms with Crippen LogP contribution < -0.4 is 5.32 Å². The number of nitrogens with one attached hydrogen (secondary N) is 1. The molecular weight excluding hydrogens is 260 g/mol. The summed E-state index contributed by atoms with van der Waals surface area (Å²) in [6.07, 6.45) is 4.48. The molecule has 1 fully saturated rings. The number of likely N-dealkylation sites (tertiary alicyclic amines) is 1. The molecule has 0 aromatic heterocycles. The first-order chi connectivity index (χ1) is 9.13. The van der Waals surface area contributed by atoms with E-state index in [0.717, 1.165) is 29.9 Å². The van der Waals surface area contributed by atoms with Crippen LogP contribution in [0.25, 0.3) is 5.57 Å². The summed E-state index contributed by atoms with van der Waals surface area (Å²) in [5.41, 5.74) is 2.52. The van der Waals surface area contributed by atoms with Crippen molar-refractivity contribution in [3.63, 3.8) is 0 Å². The van der Waals surface area contributed by atoms with Crippen molar-refractivity contribution < 1.29 is 4.79 Å². The molecular formula is C15H17ClN2O. The molecule has 0 aliphatic carbocycles. The monoisotopic (exact) mass is 276 g/mol. The lowest BCUT2D eigenvalue weighted by molar-refractivity contribution is -0.110. The maximum atomic E-state index is 12.0. The van der Waals surface area contributed by atoms with Crippen molar-refractivity contribution in [1.82, 2.24) is 4.90 Å². The molecule has 1 unspecified atom stereocenters. The Morgan fingerprint density at radius 1 is 1.47 bits per heavy atom. The summed E-state index contributed by atoms with van der Waals surface area (Å²) in [5.74, 6) is 0.662. The Kier molecular flexibility index (Phi) is 3.23. The zero-order valence-electron chi connectivity index (χ0n) is 10.9. The largest absolute Gasteiger partial charge is 0.376 e. The third-order valence-electron chi connectivity index (χ3n) is 3.76. The first-order valence-electron chi connectivity index (χ1n) is 6.70. The zero-order chi connectivity index (χ0) is 13.4. The number of anilines is 1. The number of halogens is 1. The Hall–Kier alpha value is -1.48. The molecule has 0 spiro atoms. The van der Waals surface area contributed by atoms with E-state index < -0.39 is 0 Å². The van der Waals surface area contributed by atoms with E-state index >= 15 is 0 Å². The van der Waals surface area contributed by atoms with E-state index in [-0.39, 0.29) is 5.91 Å². The highest BCUT2D eigenvalue weighted by atomic mass is 35.5. The smallest absolute Gasteiger partial charge is 0.257 e. The number of fused-ring (bicyclic) bond motifs is 1. The van der Waals surface area contributed by atoms with Gasteiger partial charge in [-0.1, -0.05) is 24.6 Å². The van der Waals surface area contributed by atoms with Crippen molar-refractivity contribution in [1.29, 1.82) is 0 Å². The van der Waals surface area contributed by atoms with Crippen LogP contribution in [0.5, 0.6) is 0 Å². The van der Waals surface area contributed by atoms with E-state index in [0.29, 0.717) is 10.9 Å². The van der Waals surface area contributed by atoms with Gasteiger partial charge in [-0.15, -0.1) is 0 Å². The zero-order valence-corrected chi connectivity index (χ0v) is 11.7. The van der Waals surface area contributed by atoms with E-state index in [9.17, 15) is 4.79 Å². The molecule has 1 N–H and O–H groups in total. The van der Waals surface area contributed by atoms with Gasteiger partial charge in [0.05, 0.1) is 11.3 Å². The van der Waals surface area contributed by atoms with Crippen molar-refractivity contribution in [3.05, 3.63) is 35.0 Å². The molecule has 2 aliphatic heterocycles. The Bertz CT molecular complexity index is 553. The third kappa shape index (κ3) is 2.47. The highest BCUT2D eigenvalue weighted by molar-refractivity contribution is 6.34. The Morgan fingerprint density at radius 2 is 2.32 bits per heavy atom. The van der Waals surface area contributed by atoms with Crippen LogP contribution in [-0.4, -0.2) is 23.9 Å². The summed E-state index contributed by atoms with van der Waals surface area (Å²) in [6, 6.07) is 5.54. The molecule has 2 heterocycles. The average Bonchev–Trinajstić information content (AvgIpc) is 2.65. The fourth-order valence-corrected chi connectivity index (χ4v) is 2.99. The number of benzene rings is 1. The van der Waals surface area contributed by atoms with Gasteiger partial charge in [0.1, 0.15) is 0 Å². The molecule has 1 saturated heterocycles. The van der Waals surface area contributed by atoms with Crippen LogP contribution >= 0.6 is 11.6 Å². The van der Waals surface area contributed by atoms with Crippen LogP contribution in [0.2, 0.25) is 5.02 Å². The van der Waals surface area contributed by atoms with E-state index in [1.54, 1.807) is 6.07 Å². The molecule has 19 heavy (non-hydrogen) atoms. The molecule has 1 aromatic rings. The second-order valence-corrected chi connectivity index (χ2v) is 5.87. The van der Waals surface area contributed by atoms with Crippen molar-refractivity contribution >= 4 is 28.8 Å². The van der Waals surface area contributed by atoms with Gasteiger partial charge in [0.2, 0.25) is 0 Å². The predicted molar refractivity (Wildman–Crippen MR) is 78.0 cm³/mol. The minimum atomic E-state index is -0.0320. The fraction of sp³-hybridized carbons (Fsp3) is 0.400. The Labute approximate surface area is 118 Å². The third-order valence-corrected chi connectivity index (χ3v) is 4.00. The Morgan fingerprint density at radius 3 is 3.11 bits per heavy atom. The minimum absolute atomic E-state index is 0.0320. The number of piperidine rings is 1. The molecule has 1 amide bonds. The molecule has 2 aliphatic rings. The van der Waals surface area contributed by atoms with Crippen molar-refractivity contribution in [2.45, 2.75) is 19.8 Å². The number of carbonyl (C=O) groups excluding carboxylic acids is 1. The quantitative estimate of drug-likeness (QED) is 0.798. The van der Waals surface area contributed by atoms with Crippen LogP contribution in [-0.2, 0) is 4.79 Å². The molecule has 3 nitrogen and oxygen atoms in total. The van der Waals surface area contributed by atoms with Gasteiger partial charge in [0, 0.05) is 29.9 Å². The second kappa shape index (κ2) is 4.89. The summed E-state index contributed by atoms with van der Waals surface area (Å²) in [4.78, 5) is 14.3. The van der Waals surface area contributed by atoms with Gasteiger partial charge in [0.25, 0.3) is 5.91 Å². The van der Waals surface area contributed by atoms with Crippen LogP contribution in [0, 0.1) is 5.92 Å². The molecule has 1 aromatic carbocycles. The van der Waals surface area contributed by atoms with Crippen LogP contribution in [0.15, 0.2) is 24.4 Å². The van der Waals surface area contributed by atoms with Gasteiger partial charge < -0.3 is 10.2 Å². The van der Waals surface area contributed by atoms with E-state index in [4.69, 9.17) is 11.6 Å². The number of nitrogens with zero attached hydrogens (tertiary/aromatic N) is 1. The first kappa shape index (κ1) is 12.5. The number of hydrogen-bond donors (Lipinski definition) is 1. The van der Waals surface area contributed by atoms with Gasteiger partial charge in [-0.05, 0) is 30.9 Å². The van der Waals surface area contributed by atoms with Gasteiger partial charge in [-0.25, -0.2) is 0 Å². The summed E-state index contributed by atoms with van der Waals surface area (Å²) in [5, 5.41) is 3.52. The molecule has 0 bridgehead atoms. The lowest BCUT2D eigenvalue weighted by atomic mass is 10.00. The molecule has 3 rings (SSSR count). The topological polar surface area (TPSA) is 32.3 Å². The Balaban J connectivity index is 1.91. The summed E-state index contributed by atoms with van der Waals surface area (Å²) in [6.45, 7) is 4.32. The number of amides is 1. The highest BCUT2D eigenvalue weighted by Gasteiger charge is 2.25. The average molecular weight is 277 g/mol. The van der Waals surface area contributed by atoms with Crippen molar-refractivity contribution in [2.24, 2.45) is 5.92 Å². The molecule has 1 atom stereocenters. The number of hydrogen-bond acceptors (Lipinski definition) is 2. The summed E-state index contributed by atoms with van der Waals surface area (Å²) >= 11 is 5.95. The normalized spacial score (nSPS) is 24.5. The second-order valence-electron chi connectivity index (χ2n) is 5.43. The minimum Gasteiger partial charge on any atom is -0.376 e. The molecule has 0 saturated carbocycles. The number of carbonyl (C=O) groups is 1. The van der Waals surface area contributed by atoms with Crippen molar-refractivity contribution in [2.75, 3.05) is 18.4 Å². The predicted octanol–water partition coefficient (Wildman–Crippen LogP) is 3.36. The van der Waals surface area contributed by atoms with Crippen LogP contribution in [0.3, 0.4) is 0 Å². The van der Waals surface area contributed by atoms with Gasteiger partial charge in [-0.2, -0.15) is 0 Å². The summed E-state index contributed by atoms with van der Waals surface area (Å²) < 4.78 is 0. The summed E-state index contributed by atoms with van der Waals surface area (Å²) in [7, 11) is 0. The van der Waals surface area contributed by atoms with Crippen LogP contribution in [0.4, 0.5) is 5.69 Å². The van der Waals surface area contributed by atoms with Gasteiger partial charge >= 0.3 is 0 Å². The van der Waals surface area contributed by atoms with Crippen LogP contribution in [0.1, 0.15) is 25.3 Å². The molecule has 4 heteroatoms. The maximum Gasteiger partial charge on any atom is 0.257 e. The number of rotatable bonds is 1.